The van der Waals surface area contributed by atoms with Gasteiger partial charge in [-0.1, -0.05) is 0 Å². The molecule has 0 saturated carbocycles. The lowest BCUT2D eigenvalue weighted by Gasteiger charge is -2.29. The third kappa shape index (κ3) is 2.92. The second-order valence-electron chi connectivity index (χ2n) is 6.39. The molecule has 0 aromatic rings. The van der Waals surface area contributed by atoms with Crippen LogP contribution in [-0.4, -0.2) is 62.4 Å². The molecule has 21 heavy (non-hydrogen) atoms. The zero-order chi connectivity index (χ0) is 15.8. The third-order valence-corrected chi connectivity index (χ3v) is 3.75. The first kappa shape index (κ1) is 16.2. The molecule has 0 aromatic carbocycles. The zero-order valence-corrected chi connectivity index (χ0v) is 13.5. The van der Waals surface area contributed by atoms with Crippen LogP contribution in [0, 0.1) is 11.3 Å². The van der Waals surface area contributed by atoms with Crippen molar-refractivity contribution in [3.63, 3.8) is 0 Å². The van der Waals surface area contributed by atoms with E-state index in [0.29, 0.717) is 12.2 Å². The normalized spacial score (nSPS) is 38.1. The van der Waals surface area contributed by atoms with E-state index in [1.54, 1.807) is 13.3 Å². The minimum absolute atomic E-state index is 0.259. The van der Waals surface area contributed by atoms with Gasteiger partial charge in [-0.05, 0) is 20.8 Å². The number of nitrogens with zero attached hydrogens (tertiary/aromatic N) is 2. The fourth-order valence-electron chi connectivity index (χ4n) is 3.17. The summed E-state index contributed by atoms with van der Waals surface area (Å²) in [5.74, 6) is -0.702. The van der Waals surface area contributed by atoms with Gasteiger partial charge in [-0.15, -0.1) is 0 Å². The number of rotatable bonds is 4. The molecule has 0 radical (unpaired) electrons. The van der Waals surface area contributed by atoms with Crippen molar-refractivity contribution < 1.29 is 18.9 Å². The Morgan fingerprint density at radius 3 is 2.57 bits per heavy atom. The predicted molar refractivity (Wildman–Crippen MR) is 76.4 cm³/mol. The molecule has 0 aliphatic carbocycles. The van der Waals surface area contributed by atoms with E-state index in [4.69, 9.17) is 18.9 Å². The maximum Gasteiger partial charge on any atom is 0.164 e. The summed E-state index contributed by atoms with van der Waals surface area (Å²) in [6.45, 7) is 6.09. The maximum absolute atomic E-state index is 9.46. The van der Waals surface area contributed by atoms with Gasteiger partial charge in [0.05, 0.1) is 18.2 Å². The van der Waals surface area contributed by atoms with Crippen LogP contribution in [0.15, 0.2) is 11.8 Å². The van der Waals surface area contributed by atoms with Crippen LogP contribution >= 0.6 is 0 Å². The number of nitriles is 1. The van der Waals surface area contributed by atoms with Crippen molar-refractivity contribution in [1.82, 2.24) is 4.90 Å². The fraction of sp³-hybridized carbons (Fsp3) is 0.800. The van der Waals surface area contributed by atoms with Crippen LogP contribution in [-0.2, 0) is 18.9 Å². The lowest BCUT2D eigenvalue weighted by atomic mass is 9.89. The summed E-state index contributed by atoms with van der Waals surface area (Å²) in [6.07, 6.45) is 0.760. The Balaban J connectivity index is 2.36. The smallest absolute Gasteiger partial charge is 0.164 e. The lowest BCUT2D eigenvalue weighted by molar-refractivity contribution is -0.200. The molecule has 118 valence electrons. The van der Waals surface area contributed by atoms with Gasteiger partial charge in [0, 0.05) is 27.4 Å². The van der Waals surface area contributed by atoms with E-state index in [1.807, 2.05) is 39.8 Å². The Morgan fingerprint density at radius 2 is 2.05 bits per heavy atom. The van der Waals surface area contributed by atoms with Gasteiger partial charge >= 0.3 is 0 Å². The van der Waals surface area contributed by atoms with Crippen LogP contribution in [0.25, 0.3) is 0 Å². The number of fused-ring (bicyclic) bond motifs is 1. The molecule has 6 heteroatoms. The van der Waals surface area contributed by atoms with Gasteiger partial charge in [-0.2, -0.15) is 5.26 Å². The highest BCUT2D eigenvalue weighted by molar-refractivity contribution is 5.32. The van der Waals surface area contributed by atoms with Crippen molar-refractivity contribution in [3.05, 3.63) is 11.8 Å². The van der Waals surface area contributed by atoms with Crippen molar-refractivity contribution in [2.75, 3.05) is 27.8 Å². The van der Waals surface area contributed by atoms with Gasteiger partial charge in [-0.25, -0.2) is 0 Å². The quantitative estimate of drug-likeness (QED) is 0.728. The summed E-state index contributed by atoms with van der Waals surface area (Å²) in [5.41, 5.74) is -0.183. The Labute approximate surface area is 126 Å². The zero-order valence-electron chi connectivity index (χ0n) is 13.5. The molecule has 4 atom stereocenters. The molecule has 0 bridgehead atoms. The Bertz CT molecular complexity index is 469. The monoisotopic (exact) mass is 296 g/mol. The Kier molecular flexibility index (Phi) is 4.31. The van der Waals surface area contributed by atoms with Crippen LogP contribution in [0.2, 0.25) is 0 Å². The standard InChI is InChI=1S/C15H24N2O4/c1-14(2)20-13-11(9-18-6)19-12(15(13,3)21-14)10(7-16)8-17(4)5/h8,11-13H,9H2,1-6H3/b10-8+/t11-,12?,13-,15+/m1/s1. The lowest BCUT2D eigenvalue weighted by Crippen LogP contribution is -2.45. The first-order valence-electron chi connectivity index (χ1n) is 7.04. The Morgan fingerprint density at radius 1 is 1.38 bits per heavy atom. The van der Waals surface area contributed by atoms with Crippen molar-refractivity contribution in [2.45, 2.75) is 50.5 Å². The molecular weight excluding hydrogens is 272 g/mol. The minimum Gasteiger partial charge on any atom is -0.383 e. The van der Waals surface area contributed by atoms with Crippen molar-refractivity contribution >= 4 is 0 Å². The second kappa shape index (κ2) is 5.58. The third-order valence-electron chi connectivity index (χ3n) is 3.75. The topological polar surface area (TPSA) is 64.0 Å². The molecule has 2 heterocycles. The van der Waals surface area contributed by atoms with Crippen LogP contribution in [0.5, 0.6) is 0 Å². The van der Waals surface area contributed by atoms with E-state index >= 15 is 0 Å². The molecule has 0 aromatic heterocycles. The van der Waals surface area contributed by atoms with Crippen LogP contribution in [0.4, 0.5) is 0 Å². The van der Waals surface area contributed by atoms with Crippen LogP contribution in [0.1, 0.15) is 20.8 Å². The maximum atomic E-state index is 9.46. The van der Waals surface area contributed by atoms with Crippen molar-refractivity contribution in [3.8, 4) is 6.07 Å². The second-order valence-corrected chi connectivity index (χ2v) is 6.39. The first-order chi connectivity index (χ1) is 9.73. The van der Waals surface area contributed by atoms with E-state index < -0.39 is 17.5 Å². The minimum atomic E-state index is -0.704. The molecule has 0 spiro atoms. The van der Waals surface area contributed by atoms with Crippen molar-refractivity contribution in [1.29, 1.82) is 5.26 Å². The molecule has 1 unspecified atom stereocenters. The highest BCUT2D eigenvalue weighted by Crippen LogP contribution is 2.48. The van der Waals surface area contributed by atoms with E-state index in [1.165, 1.54) is 0 Å². The number of hydrogen-bond acceptors (Lipinski definition) is 6. The molecule has 0 amide bonds. The van der Waals surface area contributed by atoms with Crippen LogP contribution in [0.3, 0.4) is 0 Å². The van der Waals surface area contributed by atoms with Gasteiger partial charge in [0.15, 0.2) is 5.79 Å². The average Bonchev–Trinajstić information content (AvgIpc) is 2.75. The number of methoxy groups -OCH3 is 1. The van der Waals surface area contributed by atoms with Gasteiger partial charge < -0.3 is 23.8 Å². The number of hydrogen-bond donors (Lipinski definition) is 0. The molecular formula is C15H24N2O4. The fourth-order valence-corrected chi connectivity index (χ4v) is 3.17. The molecule has 2 fully saturated rings. The van der Waals surface area contributed by atoms with E-state index in [0.717, 1.165) is 0 Å². The average molecular weight is 296 g/mol. The molecule has 0 N–H and O–H groups in total. The van der Waals surface area contributed by atoms with Gasteiger partial charge in [-0.3, -0.25) is 0 Å². The van der Waals surface area contributed by atoms with E-state index in [9.17, 15) is 5.26 Å². The first-order valence-corrected chi connectivity index (χ1v) is 7.04. The molecule has 2 saturated heterocycles. The highest BCUT2D eigenvalue weighted by Gasteiger charge is 2.64. The predicted octanol–water partition coefficient (Wildman–Crippen LogP) is 1.28. The molecule has 2 rings (SSSR count). The summed E-state index contributed by atoms with van der Waals surface area (Å²) in [7, 11) is 5.36. The van der Waals surface area contributed by atoms with E-state index in [2.05, 4.69) is 6.07 Å². The number of ether oxygens (including phenoxy) is 4. The summed E-state index contributed by atoms with van der Waals surface area (Å²) < 4.78 is 23.3. The van der Waals surface area contributed by atoms with Crippen molar-refractivity contribution in [2.24, 2.45) is 0 Å². The van der Waals surface area contributed by atoms with Gasteiger partial charge in [0.2, 0.25) is 0 Å². The van der Waals surface area contributed by atoms with Gasteiger partial charge in [0.1, 0.15) is 23.9 Å². The van der Waals surface area contributed by atoms with Gasteiger partial charge in [0.25, 0.3) is 0 Å². The van der Waals surface area contributed by atoms with E-state index in [-0.39, 0.29) is 12.2 Å². The Hall–Kier alpha value is -1.13. The summed E-state index contributed by atoms with van der Waals surface area (Å²) in [6, 6.07) is 2.22. The molecule has 2 aliphatic heterocycles. The summed E-state index contributed by atoms with van der Waals surface area (Å²) in [5, 5.41) is 9.46. The summed E-state index contributed by atoms with van der Waals surface area (Å²) in [4.78, 5) is 1.82. The van der Waals surface area contributed by atoms with Crippen LogP contribution < -0.4 is 0 Å². The summed E-state index contributed by atoms with van der Waals surface area (Å²) >= 11 is 0. The largest absolute Gasteiger partial charge is 0.383 e. The highest BCUT2D eigenvalue weighted by atomic mass is 16.8. The molecule has 6 nitrogen and oxygen atoms in total. The SMILES string of the molecule is COC[C@H]1OC(/C(C#N)=C/N(C)C)[C@]2(C)OC(C)(C)O[C@H]12. The molecule has 2 aliphatic rings.